The number of nitrogens with one attached hydrogen (secondary N) is 4. The zero-order valence-electron chi connectivity index (χ0n) is 24.7. The number of aromatic hydroxyl groups is 1. The Kier molecular flexibility index (Phi) is 11.1. The van der Waals surface area contributed by atoms with Gasteiger partial charge in [-0.05, 0) is 34.9 Å². The Morgan fingerprint density at radius 3 is 1.83 bits per heavy atom. The quantitative estimate of drug-likeness (QED) is 0.0946. The van der Waals surface area contributed by atoms with Gasteiger partial charge in [-0.1, -0.05) is 60.7 Å². The molecule has 0 bridgehead atoms. The molecule has 13 nitrogen and oxygen atoms in total. The molecule has 240 valence electrons. The molecule has 0 radical (unpaired) electrons. The first-order valence-corrected chi connectivity index (χ1v) is 14.5. The van der Waals surface area contributed by atoms with Crippen LogP contribution in [-0.4, -0.2) is 74.1 Å². The normalized spacial score (nSPS) is 13.6. The Morgan fingerprint density at radius 1 is 0.674 bits per heavy atom. The number of benzene rings is 3. The summed E-state index contributed by atoms with van der Waals surface area (Å²) in [4.78, 5) is 66.5. The van der Waals surface area contributed by atoms with E-state index in [9.17, 15) is 34.2 Å². The molecular formula is C33H35N5O8. The highest BCUT2D eigenvalue weighted by molar-refractivity contribution is 5.95. The molecule has 0 fully saturated rings. The van der Waals surface area contributed by atoms with Crippen molar-refractivity contribution in [3.8, 4) is 5.75 Å². The van der Waals surface area contributed by atoms with Crippen molar-refractivity contribution in [3.05, 3.63) is 102 Å². The summed E-state index contributed by atoms with van der Waals surface area (Å²) in [6.07, 6.45) is 0.886. The van der Waals surface area contributed by atoms with Crippen molar-refractivity contribution in [3.63, 3.8) is 0 Å². The fourth-order valence-corrected chi connectivity index (χ4v) is 4.96. The van der Waals surface area contributed by atoms with Gasteiger partial charge in [0.25, 0.3) is 0 Å². The van der Waals surface area contributed by atoms with Crippen LogP contribution in [0.25, 0.3) is 10.9 Å². The van der Waals surface area contributed by atoms with Crippen LogP contribution in [0, 0.1) is 0 Å². The molecule has 4 unspecified atom stereocenters. The highest BCUT2D eigenvalue weighted by atomic mass is 16.4. The van der Waals surface area contributed by atoms with Crippen molar-refractivity contribution in [2.45, 2.75) is 49.9 Å². The zero-order valence-corrected chi connectivity index (χ0v) is 24.7. The van der Waals surface area contributed by atoms with Gasteiger partial charge in [-0.2, -0.15) is 0 Å². The predicted octanol–water partition coefficient (Wildman–Crippen LogP) is 1.24. The van der Waals surface area contributed by atoms with Crippen molar-refractivity contribution in [1.82, 2.24) is 20.9 Å². The average Bonchev–Trinajstić information content (AvgIpc) is 3.43. The minimum Gasteiger partial charge on any atom is -0.508 e. The molecule has 46 heavy (non-hydrogen) atoms. The van der Waals surface area contributed by atoms with E-state index >= 15 is 0 Å². The van der Waals surface area contributed by atoms with E-state index in [4.69, 9.17) is 10.8 Å². The second-order valence-corrected chi connectivity index (χ2v) is 10.9. The molecule has 0 aliphatic carbocycles. The van der Waals surface area contributed by atoms with E-state index in [-0.39, 0.29) is 25.0 Å². The number of H-pyrrole nitrogens is 1. The number of aliphatic carboxylic acids is 2. The van der Waals surface area contributed by atoms with E-state index in [0.29, 0.717) is 16.7 Å². The number of nitrogens with two attached hydrogens (primary N) is 1. The number of para-hydroxylation sites is 1. The van der Waals surface area contributed by atoms with Gasteiger partial charge in [0.2, 0.25) is 17.7 Å². The van der Waals surface area contributed by atoms with E-state index in [1.54, 1.807) is 36.5 Å². The summed E-state index contributed by atoms with van der Waals surface area (Å²) in [5, 5.41) is 37.2. The lowest BCUT2D eigenvalue weighted by Gasteiger charge is -2.25. The molecule has 13 heteroatoms. The first-order valence-electron chi connectivity index (χ1n) is 14.5. The lowest BCUT2D eigenvalue weighted by atomic mass is 10.0. The molecule has 3 aromatic carbocycles. The van der Waals surface area contributed by atoms with Crippen LogP contribution < -0.4 is 21.7 Å². The number of carbonyl (C=O) groups is 5. The predicted molar refractivity (Wildman–Crippen MR) is 168 cm³/mol. The standard InChI is InChI=1S/C33H35N5O8/c34-24(17-29(40)41)30(42)36-26(15-20-10-12-22(39)13-11-20)31(43)37-27(14-19-6-2-1-3-7-19)32(44)38-28(33(45)46)16-21-18-35-25-9-5-4-8-23(21)25/h1-13,18,24,26-28,35,39H,14-17,34H2,(H,36,42)(H,37,43)(H,38,44)(H,40,41)(H,45,46). The van der Waals surface area contributed by atoms with Gasteiger partial charge in [0, 0.05) is 36.4 Å². The van der Waals surface area contributed by atoms with Crippen molar-refractivity contribution >= 4 is 40.6 Å². The molecule has 0 aliphatic heterocycles. The number of hydrogen-bond donors (Lipinski definition) is 8. The first kappa shape index (κ1) is 33.2. The summed E-state index contributed by atoms with van der Waals surface area (Å²) in [5.41, 5.74) is 8.43. The molecular weight excluding hydrogens is 594 g/mol. The Balaban J connectivity index is 1.57. The molecule has 4 aromatic rings. The van der Waals surface area contributed by atoms with Gasteiger partial charge in [0.05, 0.1) is 12.5 Å². The number of carboxylic acid groups (broad SMARTS) is 2. The Labute approximate surface area is 263 Å². The molecule has 1 aromatic heterocycles. The summed E-state index contributed by atoms with van der Waals surface area (Å²) in [6, 6.07) is 16.6. The van der Waals surface area contributed by atoms with Crippen LogP contribution in [0.1, 0.15) is 23.1 Å². The summed E-state index contributed by atoms with van der Waals surface area (Å²) in [5.74, 6) is -5.03. The van der Waals surface area contributed by atoms with Crippen LogP contribution >= 0.6 is 0 Å². The zero-order chi connectivity index (χ0) is 33.2. The minimum absolute atomic E-state index is 0.00373. The topological polar surface area (TPSA) is 224 Å². The number of phenols is 1. The first-order chi connectivity index (χ1) is 22.0. The van der Waals surface area contributed by atoms with E-state index in [1.807, 2.05) is 24.3 Å². The van der Waals surface area contributed by atoms with Gasteiger partial charge in [-0.3, -0.25) is 19.2 Å². The lowest BCUT2D eigenvalue weighted by Crippen LogP contribution is -2.58. The van der Waals surface area contributed by atoms with Crippen molar-refractivity contribution in [2.75, 3.05) is 0 Å². The second-order valence-electron chi connectivity index (χ2n) is 10.9. The smallest absolute Gasteiger partial charge is 0.326 e. The van der Waals surface area contributed by atoms with Crippen LogP contribution in [0.3, 0.4) is 0 Å². The Morgan fingerprint density at radius 2 is 1.22 bits per heavy atom. The molecule has 9 N–H and O–H groups in total. The van der Waals surface area contributed by atoms with Crippen LogP contribution in [0.4, 0.5) is 0 Å². The summed E-state index contributed by atoms with van der Waals surface area (Å²) >= 11 is 0. The highest BCUT2D eigenvalue weighted by Crippen LogP contribution is 2.19. The highest BCUT2D eigenvalue weighted by Gasteiger charge is 2.31. The SMILES string of the molecule is NC(CC(=O)O)C(=O)NC(Cc1ccc(O)cc1)C(=O)NC(Cc1ccccc1)C(=O)NC(Cc1c[nH]c2ccccc12)C(=O)O. The maximum atomic E-state index is 13.7. The number of aromatic nitrogens is 1. The van der Waals surface area contributed by atoms with Gasteiger partial charge >= 0.3 is 11.9 Å². The van der Waals surface area contributed by atoms with Crippen LogP contribution in [0.5, 0.6) is 5.75 Å². The maximum absolute atomic E-state index is 13.7. The number of phenolic OH excluding ortho intramolecular Hbond substituents is 1. The number of carboxylic acids is 2. The van der Waals surface area contributed by atoms with Crippen molar-refractivity contribution in [2.24, 2.45) is 5.73 Å². The largest absolute Gasteiger partial charge is 0.508 e. The summed E-state index contributed by atoms with van der Waals surface area (Å²) < 4.78 is 0. The number of carbonyl (C=O) groups excluding carboxylic acids is 3. The number of fused-ring (bicyclic) bond motifs is 1. The Bertz CT molecular complexity index is 1690. The number of rotatable bonds is 15. The van der Waals surface area contributed by atoms with Gasteiger partial charge in [-0.25, -0.2) is 4.79 Å². The van der Waals surface area contributed by atoms with Gasteiger partial charge in [0.15, 0.2) is 0 Å². The summed E-state index contributed by atoms with van der Waals surface area (Å²) in [6.45, 7) is 0. The van der Waals surface area contributed by atoms with Crippen LogP contribution in [-0.2, 0) is 43.2 Å². The van der Waals surface area contributed by atoms with E-state index in [0.717, 1.165) is 10.9 Å². The monoisotopic (exact) mass is 629 g/mol. The fraction of sp³-hybridized carbons (Fsp3) is 0.242. The van der Waals surface area contributed by atoms with Gasteiger partial charge in [-0.15, -0.1) is 0 Å². The number of amides is 3. The number of aromatic amines is 1. The Hall–Kier alpha value is -5.69. The molecule has 0 saturated carbocycles. The third-order valence-corrected chi connectivity index (χ3v) is 7.37. The molecule has 4 rings (SSSR count). The molecule has 3 amide bonds. The van der Waals surface area contributed by atoms with Gasteiger partial charge < -0.3 is 42.0 Å². The number of hydrogen-bond acceptors (Lipinski definition) is 7. The van der Waals surface area contributed by atoms with E-state index in [1.165, 1.54) is 24.3 Å². The van der Waals surface area contributed by atoms with Crippen molar-refractivity contribution < 1.29 is 39.3 Å². The molecule has 0 aliphatic rings. The van der Waals surface area contributed by atoms with Crippen LogP contribution in [0.2, 0.25) is 0 Å². The molecule has 1 heterocycles. The third kappa shape index (κ3) is 9.16. The molecule has 4 atom stereocenters. The van der Waals surface area contributed by atoms with Crippen molar-refractivity contribution in [1.29, 1.82) is 0 Å². The maximum Gasteiger partial charge on any atom is 0.326 e. The van der Waals surface area contributed by atoms with E-state index in [2.05, 4.69) is 20.9 Å². The van der Waals surface area contributed by atoms with Crippen LogP contribution in [0.15, 0.2) is 85.1 Å². The molecule has 0 saturated heterocycles. The summed E-state index contributed by atoms with van der Waals surface area (Å²) in [7, 11) is 0. The van der Waals surface area contributed by atoms with E-state index < -0.39 is 60.2 Å². The van der Waals surface area contributed by atoms with Gasteiger partial charge in [0.1, 0.15) is 23.9 Å². The fourth-order valence-electron chi connectivity index (χ4n) is 4.96. The third-order valence-electron chi connectivity index (χ3n) is 7.37. The lowest BCUT2D eigenvalue weighted by molar-refractivity contribution is -0.142. The second kappa shape index (κ2) is 15.3. The minimum atomic E-state index is -1.45. The average molecular weight is 630 g/mol. The molecule has 0 spiro atoms.